The van der Waals surface area contributed by atoms with Gasteiger partial charge in [-0.25, -0.2) is 9.97 Å². The second kappa shape index (κ2) is 4.46. The number of ether oxygens (including phenoxy) is 1. The third-order valence-electron chi connectivity index (χ3n) is 3.94. The summed E-state index contributed by atoms with van der Waals surface area (Å²) in [7, 11) is 0. The summed E-state index contributed by atoms with van der Waals surface area (Å²) in [5, 5.41) is 0. The Morgan fingerprint density at radius 2 is 2.17 bits per heavy atom. The molecule has 2 saturated heterocycles. The number of hydrogen-bond acceptors (Lipinski definition) is 4. The quantitative estimate of drug-likeness (QED) is 0.841. The summed E-state index contributed by atoms with van der Waals surface area (Å²) in [4.78, 5) is 11.1. The van der Waals surface area contributed by atoms with Crippen LogP contribution in [-0.4, -0.2) is 34.8 Å². The minimum absolute atomic E-state index is 0.0601. The van der Waals surface area contributed by atoms with Crippen LogP contribution in [0.1, 0.15) is 26.7 Å². The number of anilines is 1. The molecule has 1 aromatic rings. The van der Waals surface area contributed by atoms with Crippen LogP contribution in [0, 0.1) is 5.92 Å². The summed E-state index contributed by atoms with van der Waals surface area (Å²) in [5.41, 5.74) is 0.0601. The first-order chi connectivity index (χ1) is 8.62. The molecule has 0 aromatic carbocycles. The Bertz CT molecular complexity index is 428. The van der Waals surface area contributed by atoms with Crippen molar-refractivity contribution < 1.29 is 4.74 Å². The zero-order chi connectivity index (χ0) is 12.8. The second-order valence-electron chi connectivity index (χ2n) is 5.53. The van der Waals surface area contributed by atoms with Crippen molar-refractivity contribution in [3.8, 4) is 0 Å². The molecular weight excluding hydrogens is 294 g/mol. The van der Waals surface area contributed by atoms with Gasteiger partial charge in [0.2, 0.25) is 5.95 Å². The van der Waals surface area contributed by atoms with Crippen molar-refractivity contribution in [1.82, 2.24) is 9.97 Å². The van der Waals surface area contributed by atoms with Gasteiger partial charge in [-0.05, 0) is 34.7 Å². The Morgan fingerprint density at radius 3 is 2.72 bits per heavy atom. The monoisotopic (exact) mass is 311 g/mol. The molecule has 1 spiro atoms. The second-order valence-corrected chi connectivity index (χ2v) is 6.45. The predicted octanol–water partition coefficient (Wildman–Crippen LogP) is 2.63. The minimum atomic E-state index is 0.0601. The maximum atomic E-state index is 6.02. The highest BCUT2D eigenvalue weighted by Gasteiger charge is 2.57. The molecule has 0 N–H and O–H groups in total. The molecule has 0 amide bonds. The fraction of sp³-hybridized carbons (Fsp3) is 0.692. The summed E-state index contributed by atoms with van der Waals surface area (Å²) in [6, 6.07) is 0.404. The van der Waals surface area contributed by atoms with E-state index in [-0.39, 0.29) is 5.60 Å². The number of halogens is 1. The summed E-state index contributed by atoms with van der Waals surface area (Å²) < 4.78 is 6.94. The highest BCUT2D eigenvalue weighted by molar-refractivity contribution is 9.10. The number of hydrogen-bond donors (Lipinski definition) is 0. The Labute approximate surface area is 116 Å². The van der Waals surface area contributed by atoms with Gasteiger partial charge in [0.05, 0.1) is 17.1 Å². The lowest BCUT2D eigenvalue weighted by Crippen LogP contribution is -2.72. The Kier molecular flexibility index (Phi) is 3.06. The molecule has 1 aromatic heterocycles. The average molecular weight is 312 g/mol. The molecule has 5 heteroatoms. The van der Waals surface area contributed by atoms with Gasteiger partial charge in [0.25, 0.3) is 0 Å². The standard InChI is InChI=1S/C13H18BrN3O/c1-9(2)11-13(4-3-5-18-13)8-17(11)12-15-6-10(14)7-16-12/h6-7,9,11H,3-5,8H2,1-2H3. The van der Waals surface area contributed by atoms with Gasteiger partial charge in [0.1, 0.15) is 5.60 Å². The summed E-state index contributed by atoms with van der Waals surface area (Å²) in [6.45, 7) is 6.33. The molecule has 3 heterocycles. The van der Waals surface area contributed by atoms with Crippen molar-refractivity contribution >= 4 is 21.9 Å². The third kappa shape index (κ3) is 1.84. The van der Waals surface area contributed by atoms with Crippen molar-refractivity contribution in [2.45, 2.75) is 38.3 Å². The molecule has 3 rings (SSSR count). The van der Waals surface area contributed by atoms with Gasteiger partial charge >= 0.3 is 0 Å². The van der Waals surface area contributed by atoms with E-state index in [0.717, 1.165) is 23.6 Å². The van der Waals surface area contributed by atoms with Crippen LogP contribution < -0.4 is 4.90 Å². The summed E-state index contributed by atoms with van der Waals surface area (Å²) in [6.07, 6.45) is 5.96. The van der Waals surface area contributed by atoms with Crippen molar-refractivity contribution in [2.24, 2.45) is 5.92 Å². The van der Waals surface area contributed by atoms with E-state index < -0.39 is 0 Å². The lowest BCUT2D eigenvalue weighted by Gasteiger charge is -2.56. The van der Waals surface area contributed by atoms with E-state index >= 15 is 0 Å². The molecule has 18 heavy (non-hydrogen) atoms. The van der Waals surface area contributed by atoms with E-state index in [2.05, 4.69) is 44.6 Å². The number of rotatable bonds is 2. The molecule has 2 fully saturated rings. The van der Waals surface area contributed by atoms with E-state index in [9.17, 15) is 0 Å². The van der Waals surface area contributed by atoms with Crippen molar-refractivity contribution in [1.29, 1.82) is 0 Å². The van der Waals surface area contributed by atoms with Crippen LogP contribution in [0.3, 0.4) is 0 Å². The van der Waals surface area contributed by atoms with E-state index in [1.165, 1.54) is 12.8 Å². The van der Waals surface area contributed by atoms with Crippen LogP contribution in [0.5, 0.6) is 0 Å². The number of nitrogens with zero attached hydrogens (tertiary/aromatic N) is 3. The van der Waals surface area contributed by atoms with Crippen LogP contribution in [0.25, 0.3) is 0 Å². The van der Waals surface area contributed by atoms with Crippen LogP contribution in [0.15, 0.2) is 16.9 Å². The van der Waals surface area contributed by atoms with Crippen LogP contribution >= 0.6 is 15.9 Å². The summed E-state index contributed by atoms with van der Waals surface area (Å²) in [5.74, 6) is 1.36. The largest absolute Gasteiger partial charge is 0.371 e. The van der Waals surface area contributed by atoms with Gasteiger partial charge in [0, 0.05) is 19.0 Å². The van der Waals surface area contributed by atoms with Crippen molar-refractivity contribution in [2.75, 3.05) is 18.1 Å². The molecule has 98 valence electrons. The molecule has 0 bridgehead atoms. The first-order valence-corrected chi connectivity index (χ1v) is 7.30. The Balaban J connectivity index is 1.84. The Morgan fingerprint density at radius 1 is 1.44 bits per heavy atom. The zero-order valence-electron chi connectivity index (χ0n) is 10.8. The van der Waals surface area contributed by atoms with Gasteiger partial charge in [-0.1, -0.05) is 13.8 Å². The lowest BCUT2D eigenvalue weighted by molar-refractivity contribution is -0.0693. The molecule has 0 radical (unpaired) electrons. The van der Waals surface area contributed by atoms with E-state index in [0.29, 0.717) is 12.0 Å². The molecule has 4 nitrogen and oxygen atoms in total. The maximum absolute atomic E-state index is 6.02. The normalized spacial score (nSPS) is 31.1. The molecule has 0 aliphatic carbocycles. The van der Waals surface area contributed by atoms with Gasteiger partial charge in [-0.15, -0.1) is 0 Å². The van der Waals surface area contributed by atoms with Crippen molar-refractivity contribution in [3.05, 3.63) is 16.9 Å². The molecule has 2 aliphatic heterocycles. The minimum Gasteiger partial charge on any atom is -0.371 e. The van der Waals surface area contributed by atoms with E-state index in [4.69, 9.17) is 4.74 Å². The predicted molar refractivity (Wildman–Crippen MR) is 73.6 cm³/mol. The smallest absolute Gasteiger partial charge is 0.225 e. The van der Waals surface area contributed by atoms with Gasteiger partial charge in [-0.3, -0.25) is 0 Å². The van der Waals surface area contributed by atoms with E-state index in [1.807, 2.05) is 0 Å². The van der Waals surface area contributed by atoms with Crippen LogP contribution in [0.4, 0.5) is 5.95 Å². The molecule has 2 aliphatic rings. The lowest BCUT2D eigenvalue weighted by atomic mass is 9.75. The molecule has 0 saturated carbocycles. The highest BCUT2D eigenvalue weighted by atomic mass is 79.9. The van der Waals surface area contributed by atoms with Gasteiger partial charge < -0.3 is 9.64 Å². The third-order valence-corrected chi connectivity index (χ3v) is 4.35. The zero-order valence-corrected chi connectivity index (χ0v) is 12.4. The SMILES string of the molecule is CC(C)C1N(c2ncc(Br)cn2)CC12CCCO2. The fourth-order valence-electron chi connectivity index (χ4n) is 3.35. The average Bonchev–Trinajstić information content (AvgIpc) is 2.77. The maximum Gasteiger partial charge on any atom is 0.225 e. The van der Waals surface area contributed by atoms with Crippen LogP contribution in [-0.2, 0) is 4.74 Å². The topological polar surface area (TPSA) is 38.2 Å². The number of aromatic nitrogens is 2. The van der Waals surface area contributed by atoms with Gasteiger partial charge in [-0.2, -0.15) is 0 Å². The van der Waals surface area contributed by atoms with Crippen LogP contribution in [0.2, 0.25) is 0 Å². The van der Waals surface area contributed by atoms with Crippen molar-refractivity contribution in [3.63, 3.8) is 0 Å². The first-order valence-electron chi connectivity index (χ1n) is 6.50. The first kappa shape index (κ1) is 12.4. The highest BCUT2D eigenvalue weighted by Crippen LogP contribution is 2.45. The fourth-order valence-corrected chi connectivity index (χ4v) is 3.55. The van der Waals surface area contributed by atoms with Gasteiger partial charge in [0.15, 0.2) is 0 Å². The Hall–Kier alpha value is -0.680. The molecule has 2 unspecified atom stereocenters. The van der Waals surface area contributed by atoms with E-state index in [1.54, 1.807) is 12.4 Å². The summed E-state index contributed by atoms with van der Waals surface area (Å²) >= 11 is 3.37. The molecular formula is C13H18BrN3O. The molecule has 2 atom stereocenters.